The number of nitrogens with one attached hydrogen (secondary N) is 1. The zero-order chi connectivity index (χ0) is 39.3. The first kappa shape index (κ1) is 51.9. The van der Waals surface area contributed by atoms with Crippen LogP contribution in [0.1, 0.15) is 6.42 Å². The van der Waals surface area contributed by atoms with Crippen LogP contribution in [0.3, 0.4) is 0 Å². The van der Waals surface area contributed by atoms with Gasteiger partial charge in [0.2, 0.25) is 5.91 Å². The molecule has 0 aromatic heterocycles. The minimum absolute atomic E-state index is 0.236. The van der Waals surface area contributed by atoms with Crippen LogP contribution in [0.15, 0.2) is 0 Å². The van der Waals surface area contributed by atoms with Crippen molar-refractivity contribution in [3.63, 3.8) is 0 Å². The second kappa shape index (κ2) is 45.2. The number of carboxylic acid groups (broad SMARTS) is 1. The molecule has 0 fully saturated rings. The average molecular weight is 792 g/mol. The van der Waals surface area contributed by atoms with Crippen LogP contribution in [-0.2, 0) is 85.4 Å². The smallest absolute Gasteiger partial charge is 0.329 e. The van der Waals surface area contributed by atoms with Gasteiger partial charge in [-0.3, -0.25) is 9.59 Å². The van der Waals surface area contributed by atoms with E-state index in [-0.39, 0.29) is 19.0 Å². The molecule has 0 radical (unpaired) electrons. The molecule has 1 amide bonds. The maximum absolute atomic E-state index is 11.4. The maximum atomic E-state index is 11.4. The van der Waals surface area contributed by atoms with E-state index in [1.165, 1.54) is 7.11 Å². The minimum Gasteiger partial charge on any atom is -0.480 e. The Morgan fingerprint density at radius 1 is 0.370 bits per heavy atom. The monoisotopic (exact) mass is 791 g/mol. The summed E-state index contributed by atoms with van der Waals surface area (Å²) in [5, 5.41) is 11.0. The SMILES string of the molecule is COC(=O)CCOCCOCCOCCOCCOCCOCCOCCOCCOCCOCCOCCOCCOCCNC(=O)COCC(=O)O. The summed E-state index contributed by atoms with van der Waals surface area (Å²) in [7, 11) is 1.35. The summed E-state index contributed by atoms with van der Waals surface area (Å²) in [6.45, 7) is 11.1. The minimum atomic E-state index is -1.13. The molecule has 0 saturated heterocycles. The van der Waals surface area contributed by atoms with E-state index in [1.54, 1.807) is 0 Å². The predicted octanol–water partition coefficient (Wildman–Crippen LogP) is -1.02. The summed E-state index contributed by atoms with van der Waals surface area (Å²) >= 11 is 0. The number of rotatable bonds is 46. The molecule has 0 aliphatic rings. The topological polar surface area (TPSA) is 222 Å². The molecule has 0 heterocycles. The third kappa shape index (κ3) is 46.0. The van der Waals surface area contributed by atoms with Crippen LogP contribution >= 0.6 is 0 Å². The Kier molecular flexibility index (Phi) is 43.4. The number of carboxylic acids is 1. The van der Waals surface area contributed by atoms with Crippen molar-refractivity contribution in [1.82, 2.24) is 5.32 Å². The van der Waals surface area contributed by atoms with Gasteiger partial charge >= 0.3 is 11.9 Å². The van der Waals surface area contributed by atoms with E-state index in [4.69, 9.17) is 66.7 Å². The van der Waals surface area contributed by atoms with E-state index in [0.717, 1.165) is 0 Å². The van der Waals surface area contributed by atoms with Crippen molar-refractivity contribution >= 4 is 17.8 Å². The van der Waals surface area contributed by atoms with E-state index < -0.39 is 18.5 Å². The summed E-state index contributed by atoms with van der Waals surface area (Å²) in [5.41, 5.74) is 0. The van der Waals surface area contributed by atoms with Crippen LogP contribution in [0, 0.1) is 0 Å². The number of esters is 1. The van der Waals surface area contributed by atoms with Gasteiger partial charge in [-0.25, -0.2) is 4.79 Å². The fourth-order valence-corrected chi connectivity index (χ4v) is 3.54. The number of hydrogen-bond donors (Lipinski definition) is 2. The normalized spacial score (nSPS) is 11.3. The highest BCUT2D eigenvalue weighted by Gasteiger charge is 2.03. The second-order valence-corrected chi connectivity index (χ2v) is 10.5. The fourth-order valence-electron chi connectivity index (χ4n) is 3.54. The Hall–Kier alpha value is -2.15. The van der Waals surface area contributed by atoms with Crippen molar-refractivity contribution in [2.24, 2.45) is 0 Å². The zero-order valence-corrected chi connectivity index (χ0v) is 32.0. The lowest BCUT2D eigenvalue weighted by molar-refractivity contribution is -0.144. The lowest BCUT2D eigenvalue weighted by Gasteiger charge is -2.09. The molecule has 54 heavy (non-hydrogen) atoms. The molecule has 2 N–H and O–H groups in total. The molecule has 0 aromatic rings. The van der Waals surface area contributed by atoms with Crippen LogP contribution in [-0.4, -0.2) is 222 Å². The lowest BCUT2D eigenvalue weighted by atomic mass is 10.5. The third-order valence-corrected chi connectivity index (χ3v) is 6.17. The first-order valence-corrected chi connectivity index (χ1v) is 18.2. The number of amides is 1. The summed E-state index contributed by atoms with van der Waals surface area (Å²) in [5.74, 6) is -1.82. The van der Waals surface area contributed by atoms with Gasteiger partial charge in [-0.15, -0.1) is 0 Å². The average Bonchev–Trinajstić information content (AvgIpc) is 3.16. The van der Waals surface area contributed by atoms with Gasteiger partial charge < -0.3 is 81.5 Å². The number of methoxy groups -OCH3 is 1. The highest BCUT2D eigenvalue weighted by molar-refractivity contribution is 5.77. The Morgan fingerprint density at radius 2 is 0.630 bits per heavy atom. The number of hydrogen-bond acceptors (Lipinski definition) is 18. The van der Waals surface area contributed by atoms with Gasteiger partial charge in [0.15, 0.2) is 0 Å². The van der Waals surface area contributed by atoms with Gasteiger partial charge in [0.25, 0.3) is 0 Å². The molecule has 20 nitrogen and oxygen atoms in total. The van der Waals surface area contributed by atoms with Gasteiger partial charge in [-0.05, 0) is 0 Å². The molecule has 20 heteroatoms. The lowest BCUT2D eigenvalue weighted by Crippen LogP contribution is -2.31. The van der Waals surface area contributed by atoms with Crippen LogP contribution in [0.25, 0.3) is 0 Å². The summed E-state index contributed by atoms with van der Waals surface area (Å²) in [6.07, 6.45) is 0.236. The van der Waals surface area contributed by atoms with Crippen molar-refractivity contribution in [3.05, 3.63) is 0 Å². The molecule has 0 aliphatic carbocycles. The Labute approximate surface area is 318 Å². The van der Waals surface area contributed by atoms with Gasteiger partial charge in [0.05, 0.1) is 185 Å². The maximum Gasteiger partial charge on any atom is 0.329 e. The molecule has 0 saturated carbocycles. The number of carbonyl (C=O) groups excluding carboxylic acids is 2. The summed E-state index contributed by atoms with van der Waals surface area (Å²) in [6, 6.07) is 0. The fraction of sp³-hybridized carbons (Fsp3) is 0.912. The molecule has 0 atom stereocenters. The van der Waals surface area contributed by atoms with Crippen molar-refractivity contribution in [2.45, 2.75) is 6.42 Å². The summed E-state index contributed by atoms with van der Waals surface area (Å²) < 4.78 is 79.6. The number of ether oxygens (including phenoxy) is 15. The molecule has 0 unspecified atom stereocenters. The molecular formula is C34H65NO19. The first-order valence-electron chi connectivity index (χ1n) is 18.2. The second-order valence-electron chi connectivity index (χ2n) is 10.5. The van der Waals surface area contributed by atoms with E-state index >= 15 is 0 Å². The quantitative estimate of drug-likeness (QED) is 0.0557. The highest BCUT2D eigenvalue weighted by atomic mass is 16.6. The molecule has 0 bridgehead atoms. The van der Waals surface area contributed by atoms with E-state index in [0.29, 0.717) is 178 Å². The van der Waals surface area contributed by atoms with E-state index in [9.17, 15) is 14.4 Å². The predicted molar refractivity (Wildman–Crippen MR) is 189 cm³/mol. The van der Waals surface area contributed by atoms with Crippen LogP contribution in [0.5, 0.6) is 0 Å². The van der Waals surface area contributed by atoms with Gasteiger partial charge in [-0.1, -0.05) is 0 Å². The van der Waals surface area contributed by atoms with Crippen molar-refractivity contribution < 1.29 is 90.5 Å². The Morgan fingerprint density at radius 3 is 0.889 bits per heavy atom. The van der Waals surface area contributed by atoms with Crippen LogP contribution in [0.2, 0.25) is 0 Å². The van der Waals surface area contributed by atoms with E-state index in [1.807, 2.05) is 0 Å². The first-order chi connectivity index (χ1) is 26.6. The summed E-state index contributed by atoms with van der Waals surface area (Å²) in [4.78, 5) is 32.6. The standard InChI is InChI=1S/C34H65NO19/c1-40-34(39)2-4-41-6-8-43-10-12-45-14-16-47-18-20-49-22-24-51-26-28-53-29-27-52-25-23-50-21-19-48-17-15-46-13-11-44-9-7-42-5-3-35-32(36)30-54-31-33(37)38/h2-31H2,1H3,(H,35,36)(H,37,38). The molecule has 0 aromatic carbocycles. The van der Waals surface area contributed by atoms with Crippen LogP contribution in [0.4, 0.5) is 0 Å². The largest absolute Gasteiger partial charge is 0.480 e. The number of carbonyl (C=O) groups is 3. The van der Waals surface area contributed by atoms with Gasteiger partial charge in [-0.2, -0.15) is 0 Å². The van der Waals surface area contributed by atoms with Gasteiger partial charge in [0.1, 0.15) is 13.2 Å². The van der Waals surface area contributed by atoms with Crippen molar-refractivity contribution in [2.75, 3.05) is 199 Å². The van der Waals surface area contributed by atoms with Gasteiger partial charge in [0, 0.05) is 6.54 Å². The molecule has 0 aliphatic heterocycles. The third-order valence-electron chi connectivity index (χ3n) is 6.17. The Bertz CT molecular complexity index is 813. The highest BCUT2D eigenvalue weighted by Crippen LogP contribution is 1.89. The molecule has 0 spiro atoms. The molecule has 320 valence electrons. The zero-order valence-electron chi connectivity index (χ0n) is 32.0. The Balaban J connectivity index is 3.10. The van der Waals surface area contributed by atoms with Crippen molar-refractivity contribution in [1.29, 1.82) is 0 Å². The van der Waals surface area contributed by atoms with Crippen molar-refractivity contribution in [3.8, 4) is 0 Å². The van der Waals surface area contributed by atoms with Crippen LogP contribution < -0.4 is 5.32 Å². The van der Waals surface area contributed by atoms with E-state index in [2.05, 4.69) is 14.8 Å². The molecular weight excluding hydrogens is 726 g/mol. The molecule has 0 rings (SSSR count). The number of aliphatic carboxylic acids is 1.